The van der Waals surface area contributed by atoms with Crippen molar-refractivity contribution >= 4 is 22.8 Å². The van der Waals surface area contributed by atoms with Gasteiger partial charge in [-0.2, -0.15) is 18.4 Å². The predicted octanol–water partition coefficient (Wildman–Crippen LogP) is 3.19. The molecule has 2 aromatic heterocycles. The number of pyridine rings is 1. The normalized spacial score (nSPS) is 16.3. The van der Waals surface area contributed by atoms with Gasteiger partial charge in [-0.25, -0.2) is 9.67 Å². The van der Waals surface area contributed by atoms with E-state index in [0.717, 1.165) is 12.1 Å². The van der Waals surface area contributed by atoms with E-state index >= 15 is 0 Å². The van der Waals surface area contributed by atoms with Crippen molar-refractivity contribution in [3.05, 3.63) is 60.3 Å². The summed E-state index contributed by atoms with van der Waals surface area (Å²) < 4.78 is 40.2. The van der Waals surface area contributed by atoms with Gasteiger partial charge in [0.15, 0.2) is 11.5 Å². The number of benzene rings is 1. The van der Waals surface area contributed by atoms with Gasteiger partial charge in [0.2, 0.25) is 5.91 Å². The molecule has 1 fully saturated rings. The third-order valence-electron chi connectivity index (χ3n) is 5.09. The average Bonchev–Trinajstić information content (AvgIpc) is 3.37. The third kappa shape index (κ3) is 3.94. The van der Waals surface area contributed by atoms with Gasteiger partial charge in [0.25, 0.3) is 0 Å². The fourth-order valence-electron chi connectivity index (χ4n) is 3.58. The first-order valence-electron chi connectivity index (χ1n) is 9.44. The Morgan fingerprint density at radius 1 is 1.32 bits per heavy atom. The molecule has 158 valence electrons. The number of carbonyl (C=O) groups excluding carboxylic acids is 1. The van der Waals surface area contributed by atoms with Crippen LogP contribution in [0.2, 0.25) is 0 Å². The Kier molecular flexibility index (Phi) is 5.10. The summed E-state index contributed by atoms with van der Waals surface area (Å²) in [5, 5.41) is 17.3. The molecule has 0 spiro atoms. The highest BCUT2D eigenvalue weighted by Gasteiger charge is 2.31. The monoisotopic (exact) mass is 426 g/mol. The molecule has 1 aliphatic heterocycles. The maximum atomic E-state index is 12.9. The summed E-state index contributed by atoms with van der Waals surface area (Å²) in [7, 11) is 0. The lowest BCUT2D eigenvalue weighted by Crippen LogP contribution is -2.36. The minimum absolute atomic E-state index is 0.0936. The number of hydrogen-bond acceptors (Lipinski definition) is 5. The largest absolute Gasteiger partial charge is 0.416 e. The van der Waals surface area contributed by atoms with E-state index in [9.17, 15) is 23.2 Å². The number of nitrogens with zero attached hydrogens (tertiary/aromatic N) is 5. The number of carbonyl (C=O) groups is 1. The van der Waals surface area contributed by atoms with Crippen molar-refractivity contribution in [2.75, 3.05) is 18.0 Å². The third-order valence-corrected chi connectivity index (χ3v) is 5.09. The molecule has 3 aromatic rings. The Morgan fingerprint density at radius 3 is 2.71 bits per heavy atom. The first-order chi connectivity index (χ1) is 14.8. The number of alkyl halides is 3. The van der Waals surface area contributed by atoms with Crippen molar-refractivity contribution in [3.63, 3.8) is 0 Å². The van der Waals surface area contributed by atoms with Crippen LogP contribution in [0.15, 0.2) is 49.2 Å². The molecule has 1 unspecified atom stereocenters. The summed E-state index contributed by atoms with van der Waals surface area (Å²) in [4.78, 5) is 17.9. The quantitative estimate of drug-likeness (QED) is 0.648. The van der Waals surface area contributed by atoms with Gasteiger partial charge in [-0.3, -0.25) is 4.79 Å². The summed E-state index contributed by atoms with van der Waals surface area (Å²) in [6, 6.07) is 8.24. The zero-order valence-electron chi connectivity index (χ0n) is 16.2. The topological polar surface area (TPSA) is 86.8 Å². The second kappa shape index (κ2) is 7.75. The number of nitriles is 1. The van der Waals surface area contributed by atoms with Gasteiger partial charge in [0.05, 0.1) is 22.2 Å². The van der Waals surface area contributed by atoms with Crippen molar-refractivity contribution in [2.24, 2.45) is 0 Å². The van der Waals surface area contributed by atoms with Crippen LogP contribution in [0.5, 0.6) is 0 Å². The van der Waals surface area contributed by atoms with Crippen LogP contribution in [0.1, 0.15) is 17.5 Å². The fourth-order valence-corrected chi connectivity index (χ4v) is 3.58. The lowest BCUT2D eigenvalue weighted by molar-refractivity contribution is -0.137. The molecule has 1 atom stereocenters. The van der Waals surface area contributed by atoms with Crippen LogP contribution in [0.25, 0.3) is 16.7 Å². The van der Waals surface area contributed by atoms with E-state index in [1.54, 1.807) is 6.07 Å². The number of hydrogen-bond donors (Lipinski definition) is 1. The van der Waals surface area contributed by atoms with Crippen molar-refractivity contribution < 1.29 is 18.0 Å². The molecule has 0 aliphatic carbocycles. The van der Waals surface area contributed by atoms with Crippen molar-refractivity contribution in [3.8, 4) is 11.8 Å². The summed E-state index contributed by atoms with van der Waals surface area (Å²) in [6.45, 7) is 4.55. The maximum absolute atomic E-state index is 12.9. The molecule has 7 nitrogen and oxygen atoms in total. The number of nitrogens with one attached hydrogen (secondary N) is 1. The number of halogens is 3. The van der Waals surface area contributed by atoms with E-state index in [2.05, 4.69) is 22.0 Å². The van der Waals surface area contributed by atoms with Crippen molar-refractivity contribution in [1.29, 1.82) is 5.26 Å². The van der Waals surface area contributed by atoms with Crippen LogP contribution in [0.3, 0.4) is 0 Å². The minimum Gasteiger partial charge on any atom is -0.352 e. The summed E-state index contributed by atoms with van der Waals surface area (Å²) in [5.41, 5.74) is 0.425. The second-order valence-corrected chi connectivity index (χ2v) is 7.13. The molecule has 1 N–H and O–H groups in total. The molecule has 3 heterocycles. The predicted molar refractivity (Wildman–Crippen MR) is 108 cm³/mol. The average molecular weight is 426 g/mol. The Hall–Kier alpha value is -3.87. The first kappa shape index (κ1) is 20.4. The van der Waals surface area contributed by atoms with Gasteiger partial charge in [0.1, 0.15) is 6.07 Å². The first-order valence-corrected chi connectivity index (χ1v) is 9.44. The number of anilines is 1. The van der Waals surface area contributed by atoms with E-state index in [1.165, 1.54) is 29.1 Å². The van der Waals surface area contributed by atoms with Crippen LogP contribution in [0, 0.1) is 11.3 Å². The van der Waals surface area contributed by atoms with E-state index in [-0.39, 0.29) is 11.9 Å². The van der Waals surface area contributed by atoms with Crippen LogP contribution in [0.4, 0.5) is 19.0 Å². The van der Waals surface area contributed by atoms with E-state index in [1.807, 2.05) is 11.0 Å². The molecular formula is C21H17F3N6O. The molecule has 10 heteroatoms. The van der Waals surface area contributed by atoms with Gasteiger partial charge >= 0.3 is 6.18 Å². The lowest BCUT2D eigenvalue weighted by Gasteiger charge is -2.16. The highest BCUT2D eigenvalue weighted by molar-refractivity contribution is 5.90. The van der Waals surface area contributed by atoms with Gasteiger partial charge < -0.3 is 10.2 Å². The van der Waals surface area contributed by atoms with Crippen LogP contribution in [-0.2, 0) is 11.0 Å². The Morgan fingerprint density at radius 2 is 2.06 bits per heavy atom. The molecule has 4 rings (SSSR count). The molecule has 1 amide bonds. The van der Waals surface area contributed by atoms with Crippen LogP contribution < -0.4 is 10.2 Å². The fraction of sp³-hybridized carbons (Fsp3) is 0.238. The molecule has 1 aliphatic rings. The smallest absolute Gasteiger partial charge is 0.352 e. The molecular weight excluding hydrogens is 409 g/mol. The maximum Gasteiger partial charge on any atom is 0.416 e. The molecule has 0 bridgehead atoms. The SMILES string of the molecule is C=CC(=O)NC1CCN(c2nn(-c3ccc(C(F)(F)F)cc3)c3ncc(C#N)cc23)C1. The number of aromatic nitrogens is 3. The Balaban J connectivity index is 1.74. The lowest BCUT2D eigenvalue weighted by atomic mass is 10.2. The molecule has 31 heavy (non-hydrogen) atoms. The second-order valence-electron chi connectivity index (χ2n) is 7.13. The highest BCUT2D eigenvalue weighted by Crippen LogP contribution is 2.32. The number of amides is 1. The summed E-state index contributed by atoms with van der Waals surface area (Å²) in [5.74, 6) is 0.287. The zero-order chi connectivity index (χ0) is 22.2. The van der Waals surface area contributed by atoms with Gasteiger partial charge in [-0.15, -0.1) is 5.10 Å². The van der Waals surface area contributed by atoms with Crippen LogP contribution in [-0.4, -0.2) is 39.8 Å². The number of fused-ring (bicyclic) bond motifs is 1. The van der Waals surface area contributed by atoms with Gasteiger partial charge in [-0.1, -0.05) is 6.58 Å². The molecule has 1 aromatic carbocycles. The van der Waals surface area contributed by atoms with E-state index in [0.29, 0.717) is 47.6 Å². The zero-order valence-corrected chi connectivity index (χ0v) is 16.2. The standard InChI is InChI=1S/C21H17F3N6O/c1-2-18(31)27-15-7-8-29(12-15)20-17-9-13(10-25)11-26-19(17)30(28-20)16-5-3-14(4-6-16)21(22,23)24/h2-6,9,11,15H,1,7-8,12H2,(H,27,31). The summed E-state index contributed by atoms with van der Waals surface area (Å²) in [6.07, 6.45) is -1.14. The minimum atomic E-state index is -4.43. The molecule has 1 saturated heterocycles. The Labute approximate surface area is 175 Å². The van der Waals surface area contributed by atoms with Gasteiger partial charge in [0, 0.05) is 25.3 Å². The van der Waals surface area contributed by atoms with E-state index < -0.39 is 11.7 Å². The Bertz CT molecular complexity index is 1190. The molecule has 0 saturated carbocycles. The van der Waals surface area contributed by atoms with Crippen LogP contribution >= 0.6 is 0 Å². The van der Waals surface area contributed by atoms with Gasteiger partial charge in [-0.05, 0) is 42.8 Å². The van der Waals surface area contributed by atoms with E-state index in [4.69, 9.17) is 0 Å². The van der Waals surface area contributed by atoms with Crippen molar-refractivity contribution in [2.45, 2.75) is 18.6 Å². The molecule has 0 radical (unpaired) electrons. The van der Waals surface area contributed by atoms with Crippen molar-refractivity contribution in [1.82, 2.24) is 20.1 Å². The highest BCUT2D eigenvalue weighted by atomic mass is 19.4. The number of rotatable bonds is 4. The summed E-state index contributed by atoms with van der Waals surface area (Å²) >= 11 is 0.